The molecule has 0 fully saturated rings. The third kappa shape index (κ3) is 7.26. The summed E-state index contributed by atoms with van der Waals surface area (Å²) in [6.07, 6.45) is -1.49. The number of hydrogen-bond acceptors (Lipinski definition) is 5. The molecule has 0 saturated heterocycles. The Balaban J connectivity index is 2.18. The summed E-state index contributed by atoms with van der Waals surface area (Å²) in [5.41, 5.74) is -1.16. The van der Waals surface area contributed by atoms with E-state index in [4.69, 9.17) is 21.1 Å². The minimum Gasteiger partial charge on any atom is -0.456 e. The summed E-state index contributed by atoms with van der Waals surface area (Å²) < 4.78 is 48.6. The fourth-order valence-electron chi connectivity index (χ4n) is 2.49. The van der Waals surface area contributed by atoms with Crippen LogP contribution >= 0.6 is 11.6 Å². The lowest BCUT2D eigenvalue weighted by Crippen LogP contribution is -2.25. The Hall–Kier alpha value is -3.11. The van der Waals surface area contributed by atoms with Crippen molar-refractivity contribution in [2.45, 2.75) is 12.6 Å². The highest BCUT2D eigenvalue weighted by Crippen LogP contribution is 2.37. The first kappa shape index (κ1) is 24.2. The zero-order valence-electron chi connectivity index (χ0n) is 16.2. The number of halogens is 4. The number of carbonyl (C=O) groups is 1. The van der Waals surface area contributed by atoms with Crippen LogP contribution < -0.4 is 10.1 Å². The molecule has 0 atom stereocenters. The van der Waals surface area contributed by atoms with Crippen LogP contribution in [0.3, 0.4) is 0 Å². The van der Waals surface area contributed by atoms with Gasteiger partial charge < -0.3 is 14.8 Å². The van der Waals surface area contributed by atoms with Gasteiger partial charge in [0.2, 0.25) is 5.91 Å². The van der Waals surface area contributed by atoms with E-state index in [2.05, 4.69) is 5.32 Å². The molecule has 7 nitrogen and oxygen atoms in total. The third-order valence-electron chi connectivity index (χ3n) is 3.93. The van der Waals surface area contributed by atoms with E-state index in [0.717, 1.165) is 18.2 Å². The lowest BCUT2D eigenvalue weighted by atomic mass is 10.1. The molecule has 0 aliphatic rings. The first-order valence-corrected chi connectivity index (χ1v) is 9.22. The highest BCUT2D eigenvalue weighted by Gasteiger charge is 2.31. The van der Waals surface area contributed by atoms with Crippen LogP contribution in [-0.2, 0) is 22.1 Å². The Bertz CT molecular complexity index is 980. The largest absolute Gasteiger partial charge is 0.456 e. The molecule has 0 bridgehead atoms. The van der Waals surface area contributed by atoms with Gasteiger partial charge in [-0.1, -0.05) is 23.8 Å². The number of nitro benzene ring substituents is 1. The lowest BCUT2D eigenvalue weighted by Gasteiger charge is -2.12. The van der Waals surface area contributed by atoms with E-state index < -0.39 is 22.6 Å². The number of nitrogens with zero attached hydrogens (tertiary/aromatic N) is 1. The summed E-state index contributed by atoms with van der Waals surface area (Å²) in [6.45, 7) is 0.598. The van der Waals surface area contributed by atoms with E-state index in [0.29, 0.717) is 12.7 Å². The summed E-state index contributed by atoms with van der Waals surface area (Å²) >= 11 is 5.87. The molecule has 2 rings (SSSR count). The Labute approximate surface area is 180 Å². The monoisotopic (exact) mass is 458 g/mol. The summed E-state index contributed by atoms with van der Waals surface area (Å²) in [6, 6.07) is 6.25. The second-order valence-corrected chi connectivity index (χ2v) is 6.61. The van der Waals surface area contributed by atoms with Gasteiger partial charge in [-0.15, -0.1) is 0 Å². The summed E-state index contributed by atoms with van der Waals surface area (Å²) in [5.74, 6) is -0.452. The first-order chi connectivity index (χ1) is 14.6. The number of rotatable bonds is 9. The number of hydrogen-bond donors (Lipinski definition) is 1. The molecule has 0 aliphatic heterocycles. The van der Waals surface area contributed by atoms with Crippen molar-refractivity contribution in [3.63, 3.8) is 0 Å². The maximum Gasteiger partial charge on any atom is 0.416 e. The molecule has 0 heterocycles. The SMILES string of the molecule is COCC=CCNC(=O)Cc1cc(Oc2ccc(C(F)(F)F)cc2Cl)ccc1[N+](=O)[O-]. The quantitative estimate of drug-likeness (QED) is 0.327. The van der Waals surface area contributed by atoms with Gasteiger partial charge in [0.25, 0.3) is 5.69 Å². The van der Waals surface area contributed by atoms with E-state index in [1.165, 1.54) is 19.2 Å². The molecule has 2 aromatic carbocycles. The lowest BCUT2D eigenvalue weighted by molar-refractivity contribution is -0.385. The van der Waals surface area contributed by atoms with Crippen LogP contribution in [0.2, 0.25) is 5.02 Å². The second kappa shape index (κ2) is 10.8. The van der Waals surface area contributed by atoms with E-state index >= 15 is 0 Å². The third-order valence-corrected chi connectivity index (χ3v) is 4.23. The average molecular weight is 459 g/mol. The zero-order valence-corrected chi connectivity index (χ0v) is 17.0. The Morgan fingerprint density at radius 2 is 1.97 bits per heavy atom. The van der Waals surface area contributed by atoms with Crippen molar-refractivity contribution in [1.82, 2.24) is 5.32 Å². The van der Waals surface area contributed by atoms with E-state index in [1.807, 2.05) is 0 Å². The minimum atomic E-state index is -4.56. The normalized spacial score (nSPS) is 11.5. The molecular formula is C20H18ClF3N2O5. The van der Waals surface area contributed by atoms with Gasteiger partial charge in [-0.3, -0.25) is 14.9 Å². The van der Waals surface area contributed by atoms with Gasteiger partial charge in [-0.05, 0) is 30.3 Å². The number of carbonyl (C=O) groups excluding carboxylic acids is 1. The maximum absolute atomic E-state index is 12.8. The van der Waals surface area contributed by atoms with E-state index in [9.17, 15) is 28.1 Å². The van der Waals surface area contributed by atoms with Gasteiger partial charge in [0.05, 0.1) is 28.5 Å². The topological polar surface area (TPSA) is 90.7 Å². The number of benzene rings is 2. The van der Waals surface area contributed by atoms with Crippen LogP contribution in [0.1, 0.15) is 11.1 Å². The number of methoxy groups -OCH3 is 1. The minimum absolute atomic E-state index is 0.0674. The van der Waals surface area contributed by atoms with Gasteiger partial charge in [0.15, 0.2) is 0 Å². The molecule has 0 spiro atoms. The van der Waals surface area contributed by atoms with Crippen molar-refractivity contribution in [2.75, 3.05) is 20.3 Å². The molecule has 166 valence electrons. The molecule has 0 aromatic heterocycles. The van der Waals surface area contributed by atoms with Gasteiger partial charge in [-0.25, -0.2) is 0 Å². The van der Waals surface area contributed by atoms with Crippen molar-refractivity contribution >= 4 is 23.2 Å². The zero-order chi connectivity index (χ0) is 23.0. The Kier molecular flexibility index (Phi) is 8.40. The Morgan fingerprint density at radius 3 is 2.58 bits per heavy atom. The summed E-state index contributed by atoms with van der Waals surface area (Å²) in [5, 5.41) is 13.6. The van der Waals surface area contributed by atoms with Crippen molar-refractivity contribution < 1.29 is 32.4 Å². The number of nitrogens with one attached hydrogen (secondary N) is 1. The van der Waals surface area contributed by atoms with Crippen molar-refractivity contribution in [3.8, 4) is 11.5 Å². The van der Waals surface area contributed by atoms with Crippen LogP contribution in [0.4, 0.5) is 18.9 Å². The number of ether oxygens (including phenoxy) is 2. The van der Waals surface area contributed by atoms with Gasteiger partial charge in [-0.2, -0.15) is 13.2 Å². The molecular weight excluding hydrogens is 441 g/mol. The van der Waals surface area contributed by atoms with Crippen molar-refractivity contribution in [1.29, 1.82) is 0 Å². The average Bonchev–Trinajstić information content (AvgIpc) is 2.68. The second-order valence-electron chi connectivity index (χ2n) is 6.20. The molecule has 11 heteroatoms. The number of nitro groups is 1. The van der Waals surface area contributed by atoms with Crippen molar-refractivity contribution in [3.05, 3.63) is 74.8 Å². The highest BCUT2D eigenvalue weighted by molar-refractivity contribution is 6.32. The van der Waals surface area contributed by atoms with E-state index in [-0.39, 0.29) is 40.7 Å². The van der Waals surface area contributed by atoms with E-state index in [1.54, 1.807) is 12.2 Å². The summed E-state index contributed by atoms with van der Waals surface area (Å²) in [4.78, 5) is 22.7. The fraction of sp³-hybridized carbons (Fsp3) is 0.250. The predicted molar refractivity (Wildman–Crippen MR) is 107 cm³/mol. The van der Waals surface area contributed by atoms with Gasteiger partial charge >= 0.3 is 6.18 Å². The van der Waals surface area contributed by atoms with Crippen LogP contribution in [-0.4, -0.2) is 31.1 Å². The Morgan fingerprint density at radius 1 is 1.23 bits per heavy atom. The summed E-state index contributed by atoms with van der Waals surface area (Å²) in [7, 11) is 1.52. The van der Waals surface area contributed by atoms with Crippen LogP contribution in [0.15, 0.2) is 48.6 Å². The van der Waals surface area contributed by atoms with Gasteiger partial charge in [0.1, 0.15) is 11.5 Å². The van der Waals surface area contributed by atoms with Gasteiger partial charge in [0, 0.05) is 25.3 Å². The number of alkyl halides is 3. The first-order valence-electron chi connectivity index (χ1n) is 8.84. The van der Waals surface area contributed by atoms with Crippen LogP contribution in [0.25, 0.3) is 0 Å². The molecule has 0 radical (unpaired) electrons. The molecule has 1 N–H and O–H groups in total. The molecule has 2 aromatic rings. The smallest absolute Gasteiger partial charge is 0.416 e. The molecule has 0 aliphatic carbocycles. The molecule has 1 amide bonds. The van der Waals surface area contributed by atoms with Crippen molar-refractivity contribution in [2.24, 2.45) is 0 Å². The molecule has 0 saturated carbocycles. The maximum atomic E-state index is 12.8. The standard InChI is InChI=1S/C20H18ClF3N2O5/c1-30-9-3-2-8-25-19(27)11-13-10-15(5-6-17(13)26(28)29)31-18-7-4-14(12-16(18)21)20(22,23)24/h2-7,10,12H,8-9,11H2,1H3,(H,25,27). The fourth-order valence-corrected chi connectivity index (χ4v) is 2.71. The predicted octanol–water partition coefficient (Wildman–Crippen LogP) is 4.92. The van der Waals surface area contributed by atoms with Crippen LogP contribution in [0, 0.1) is 10.1 Å². The molecule has 0 unspecified atom stereocenters. The number of amides is 1. The molecule has 31 heavy (non-hydrogen) atoms. The highest BCUT2D eigenvalue weighted by atomic mass is 35.5. The van der Waals surface area contributed by atoms with Crippen LogP contribution in [0.5, 0.6) is 11.5 Å².